The molecule has 1 aromatic carbocycles. The largest absolute Gasteiger partial charge is 0.484 e. The van der Waals surface area contributed by atoms with E-state index in [0.717, 1.165) is 9.88 Å². The molecule has 25 heavy (non-hydrogen) atoms. The van der Waals surface area contributed by atoms with Crippen LogP contribution in [0.5, 0.6) is 5.75 Å². The van der Waals surface area contributed by atoms with E-state index in [-0.39, 0.29) is 12.3 Å². The SMILES string of the molecule is O=C(COc1ccc(F)cc1)NNC(=O)c1csc(-c2cccs2)n1. The number of hydrogen-bond acceptors (Lipinski definition) is 6. The fourth-order valence-electron chi connectivity index (χ4n) is 1.80. The molecule has 128 valence electrons. The second-order valence-corrected chi connectivity index (χ2v) is 6.57. The van der Waals surface area contributed by atoms with Gasteiger partial charge >= 0.3 is 0 Å². The van der Waals surface area contributed by atoms with Gasteiger partial charge in [-0.3, -0.25) is 20.4 Å². The zero-order valence-corrected chi connectivity index (χ0v) is 14.3. The van der Waals surface area contributed by atoms with Gasteiger partial charge in [0.05, 0.1) is 4.88 Å². The van der Waals surface area contributed by atoms with Crippen molar-refractivity contribution in [3.63, 3.8) is 0 Å². The van der Waals surface area contributed by atoms with Crippen molar-refractivity contribution in [3.05, 3.63) is 58.7 Å². The highest BCUT2D eigenvalue weighted by molar-refractivity contribution is 7.20. The van der Waals surface area contributed by atoms with E-state index in [4.69, 9.17) is 4.74 Å². The van der Waals surface area contributed by atoms with Crippen molar-refractivity contribution in [3.8, 4) is 15.6 Å². The summed E-state index contributed by atoms with van der Waals surface area (Å²) in [5.74, 6) is -1.11. The van der Waals surface area contributed by atoms with E-state index in [1.54, 1.807) is 5.38 Å². The first-order valence-electron chi connectivity index (χ1n) is 7.09. The van der Waals surface area contributed by atoms with Crippen molar-refractivity contribution in [2.45, 2.75) is 0 Å². The third-order valence-electron chi connectivity index (χ3n) is 2.97. The van der Waals surface area contributed by atoms with Crippen molar-refractivity contribution in [1.29, 1.82) is 0 Å². The summed E-state index contributed by atoms with van der Waals surface area (Å²) >= 11 is 2.88. The van der Waals surface area contributed by atoms with Crippen molar-refractivity contribution < 1.29 is 18.7 Å². The third kappa shape index (κ3) is 4.61. The number of thiophene rings is 1. The number of nitrogens with one attached hydrogen (secondary N) is 2. The fourth-order valence-corrected chi connectivity index (χ4v) is 3.41. The molecular weight excluding hydrogens is 365 g/mol. The van der Waals surface area contributed by atoms with Crippen molar-refractivity contribution >= 4 is 34.5 Å². The first kappa shape index (κ1) is 17.1. The van der Waals surface area contributed by atoms with Crippen LogP contribution in [-0.4, -0.2) is 23.4 Å². The molecule has 3 aromatic rings. The quantitative estimate of drug-likeness (QED) is 0.670. The number of carbonyl (C=O) groups is 2. The van der Waals surface area contributed by atoms with Crippen molar-refractivity contribution in [1.82, 2.24) is 15.8 Å². The summed E-state index contributed by atoms with van der Waals surface area (Å²) < 4.78 is 17.9. The number of ether oxygens (including phenoxy) is 1. The average molecular weight is 377 g/mol. The molecule has 0 aliphatic heterocycles. The molecule has 0 saturated carbocycles. The van der Waals surface area contributed by atoms with Crippen LogP contribution in [0.4, 0.5) is 4.39 Å². The van der Waals surface area contributed by atoms with Gasteiger partial charge in [-0.1, -0.05) is 6.07 Å². The van der Waals surface area contributed by atoms with E-state index in [1.807, 2.05) is 17.5 Å². The van der Waals surface area contributed by atoms with Crippen LogP contribution in [0.2, 0.25) is 0 Å². The lowest BCUT2D eigenvalue weighted by Crippen LogP contribution is -2.43. The predicted octanol–water partition coefficient (Wildman–Crippen LogP) is 2.85. The molecule has 0 aliphatic rings. The third-order valence-corrected chi connectivity index (χ3v) is 4.85. The Kier molecular flexibility index (Phi) is 5.36. The van der Waals surface area contributed by atoms with Crippen LogP contribution in [0, 0.1) is 5.82 Å². The molecule has 2 aromatic heterocycles. The molecule has 0 atom stereocenters. The van der Waals surface area contributed by atoms with E-state index in [0.29, 0.717) is 5.75 Å². The van der Waals surface area contributed by atoms with Crippen LogP contribution in [-0.2, 0) is 4.79 Å². The van der Waals surface area contributed by atoms with E-state index in [1.165, 1.54) is 46.9 Å². The topological polar surface area (TPSA) is 80.3 Å². The summed E-state index contributed by atoms with van der Waals surface area (Å²) in [6.07, 6.45) is 0. The number of halogens is 1. The minimum absolute atomic E-state index is 0.216. The molecule has 6 nitrogen and oxygen atoms in total. The first-order chi connectivity index (χ1) is 12.1. The highest BCUT2D eigenvalue weighted by Crippen LogP contribution is 2.27. The number of nitrogens with zero attached hydrogens (tertiary/aromatic N) is 1. The second-order valence-electron chi connectivity index (χ2n) is 4.76. The van der Waals surface area contributed by atoms with Gasteiger partial charge in [0, 0.05) is 5.38 Å². The molecule has 9 heteroatoms. The molecule has 0 spiro atoms. The molecule has 0 aliphatic carbocycles. The Labute approximate surface area is 150 Å². The Balaban J connectivity index is 1.47. The molecule has 2 amide bonds. The van der Waals surface area contributed by atoms with Gasteiger partial charge in [-0.15, -0.1) is 22.7 Å². The normalized spacial score (nSPS) is 10.3. The van der Waals surface area contributed by atoms with Gasteiger partial charge in [-0.2, -0.15) is 0 Å². The maximum Gasteiger partial charge on any atom is 0.289 e. The smallest absolute Gasteiger partial charge is 0.289 e. The zero-order chi connectivity index (χ0) is 17.6. The lowest BCUT2D eigenvalue weighted by molar-refractivity contribution is -0.123. The molecule has 3 rings (SSSR count). The van der Waals surface area contributed by atoms with Crippen molar-refractivity contribution in [2.75, 3.05) is 6.61 Å². The van der Waals surface area contributed by atoms with Crippen LogP contribution in [0.3, 0.4) is 0 Å². The molecule has 0 fully saturated rings. The fraction of sp³-hybridized carbons (Fsp3) is 0.0625. The van der Waals surface area contributed by atoms with Crippen LogP contribution in [0.1, 0.15) is 10.5 Å². The Bertz CT molecular complexity index is 863. The highest BCUT2D eigenvalue weighted by Gasteiger charge is 2.13. The maximum atomic E-state index is 12.8. The lowest BCUT2D eigenvalue weighted by atomic mass is 10.3. The Morgan fingerprint density at radius 3 is 2.64 bits per heavy atom. The van der Waals surface area contributed by atoms with Crippen LogP contribution < -0.4 is 15.6 Å². The monoisotopic (exact) mass is 377 g/mol. The Hall–Kier alpha value is -2.78. The molecule has 0 unspecified atom stereocenters. The Morgan fingerprint density at radius 2 is 1.92 bits per heavy atom. The van der Waals surface area contributed by atoms with Gasteiger partial charge in [0.25, 0.3) is 11.8 Å². The number of thiazole rings is 1. The van der Waals surface area contributed by atoms with E-state index >= 15 is 0 Å². The number of aromatic nitrogens is 1. The minimum atomic E-state index is -0.550. The average Bonchev–Trinajstić information content (AvgIpc) is 3.30. The molecule has 2 heterocycles. The van der Waals surface area contributed by atoms with Crippen molar-refractivity contribution in [2.24, 2.45) is 0 Å². The second kappa shape index (κ2) is 7.86. The van der Waals surface area contributed by atoms with Crippen LogP contribution in [0.25, 0.3) is 9.88 Å². The molecule has 0 radical (unpaired) electrons. The van der Waals surface area contributed by atoms with Gasteiger partial charge < -0.3 is 4.74 Å². The molecule has 0 saturated heterocycles. The van der Waals surface area contributed by atoms with Gasteiger partial charge in [-0.05, 0) is 35.7 Å². The number of amides is 2. The molecular formula is C16H12FN3O3S2. The molecule has 0 bridgehead atoms. The number of benzene rings is 1. The number of rotatable bonds is 5. The summed E-state index contributed by atoms with van der Waals surface area (Å²) in [6, 6.07) is 9.08. The molecule has 2 N–H and O–H groups in total. The first-order valence-corrected chi connectivity index (χ1v) is 8.85. The lowest BCUT2D eigenvalue weighted by Gasteiger charge is -2.07. The highest BCUT2D eigenvalue weighted by atomic mass is 32.1. The van der Waals surface area contributed by atoms with Gasteiger partial charge in [0.15, 0.2) is 6.61 Å². The maximum absolute atomic E-state index is 12.8. The number of hydrogen-bond donors (Lipinski definition) is 2. The van der Waals surface area contributed by atoms with Crippen LogP contribution >= 0.6 is 22.7 Å². The predicted molar refractivity (Wildman–Crippen MR) is 92.9 cm³/mol. The van der Waals surface area contributed by atoms with E-state index in [2.05, 4.69) is 15.8 Å². The number of carbonyl (C=O) groups excluding carboxylic acids is 2. The summed E-state index contributed by atoms with van der Waals surface area (Å²) in [6.45, 7) is -0.316. The van der Waals surface area contributed by atoms with Gasteiger partial charge in [0.2, 0.25) is 0 Å². The van der Waals surface area contributed by atoms with Gasteiger partial charge in [0.1, 0.15) is 22.3 Å². The number of hydrazine groups is 1. The zero-order valence-electron chi connectivity index (χ0n) is 12.7. The van der Waals surface area contributed by atoms with Crippen LogP contribution in [0.15, 0.2) is 47.2 Å². The summed E-state index contributed by atoms with van der Waals surface area (Å²) in [7, 11) is 0. The summed E-state index contributed by atoms with van der Waals surface area (Å²) in [5, 5.41) is 4.29. The van der Waals surface area contributed by atoms with E-state index in [9.17, 15) is 14.0 Å². The van der Waals surface area contributed by atoms with Gasteiger partial charge in [-0.25, -0.2) is 9.37 Å². The van der Waals surface area contributed by atoms with E-state index < -0.39 is 17.6 Å². The standard InChI is InChI=1S/C16H12FN3O3S2/c17-10-3-5-11(6-4-10)23-8-14(21)19-20-15(22)12-9-25-16(18-12)13-2-1-7-24-13/h1-7,9H,8H2,(H,19,21)(H,20,22). The Morgan fingerprint density at radius 1 is 1.12 bits per heavy atom. The summed E-state index contributed by atoms with van der Waals surface area (Å²) in [5.41, 5.74) is 4.72. The summed E-state index contributed by atoms with van der Waals surface area (Å²) in [4.78, 5) is 28.9. The minimum Gasteiger partial charge on any atom is -0.484 e.